The highest BCUT2D eigenvalue weighted by atomic mass is 19.0. The van der Waals surface area contributed by atoms with Crippen molar-refractivity contribution in [3.05, 3.63) is 34.4 Å². The molecule has 0 fully saturated rings. The Bertz CT molecular complexity index is 247. The Morgan fingerprint density at radius 3 is 2.09 bits per heavy atom. The van der Waals surface area contributed by atoms with Gasteiger partial charge in [0, 0.05) is 12.1 Å². The third-order valence-corrected chi connectivity index (χ3v) is 1.06. The number of phenolic OH excluding ortho intramolecular Hbond substituents is 1. The van der Waals surface area contributed by atoms with Crippen molar-refractivity contribution in [2.75, 3.05) is 0 Å². The zero-order valence-electron chi connectivity index (χ0n) is 5.43. The normalized spacial score (nSPS) is 8.36. The van der Waals surface area contributed by atoms with Crippen LogP contribution in [0, 0.1) is 10.1 Å². The van der Waals surface area contributed by atoms with Gasteiger partial charge in [0.15, 0.2) is 0 Å². The van der Waals surface area contributed by atoms with E-state index < -0.39 is 4.92 Å². The topological polar surface area (TPSA) is 63.4 Å². The van der Waals surface area contributed by atoms with E-state index in [9.17, 15) is 10.1 Å². The molecule has 0 radical (unpaired) electrons. The number of hydrogen-bond acceptors (Lipinski definition) is 3. The van der Waals surface area contributed by atoms with Crippen molar-refractivity contribution in [1.29, 1.82) is 0 Å². The summed E-state index contributed by atoms with van der Waals surface area (Å²) in [5.74, 6) is 0.0330. The molecule has 0 spiro atoms. The van der Waals surface area contributed by atoms with Crippen LogP contribution in [-0.2, 0) is 0 Å². The molecule has 0 aliphatic heterocycles. The molecule has 0 amide bonds. The fourth-order valence-corrected chi connectivity index (χ4v) is 0.574. The molecule has 0 heterocycles. The number of halogens is 1. The Balaban J connectivity index is 0.000001000. The Morgan fingerprint density at radius 1 is 1.27 bits per heavy atom. The number of nitro groups is 1. The van der Waals surface area contributed by atoms with Gasteiger partial charge < -0.3 is 5.11 Å². The average Bonchev–Trinajstić information content (AvgIpc) is 1.88. The van der Waals surface area contributed by atoms with Gasteiger partial charge in [0.1, 0.15) is 5.75 Å². The molecule has 4 nitrogen and oxygen atoms in total. The zero-order valence-corrected chi connectivity index (χ0v) is 5.43. The third-order valence-electron chi connectivity index (χ3n) is 1.06. The molecule has 0 saturated carbocycles. The summed E-state index contributed by atoms with van der Waals surface area (Å²) in [5, 5.41) is 18.8. The van der Waals surface area contributed by atoms with E-state index in [0.717, 1.165) is 0 Å². The minimum atomic E-state index is -0.514. The number of nitro benzene ring substituents is 1. The van der Waals surface area contributed by atoms with Crippen molar-refractivity contribution in [3.63, 3.8) is 0 Å². The number of non-ortho nitro benzene ring substituents is 1. The Labute approximate surface area is 61.6 Å². The predicted octanol–water partition coefficient (Wildman–Crippen LogP) is 1.45. The molecule has 5 heteroatoms. The fraction of sp³-hybridized carbons (Fsp3) is 0. The summed E-state index contributed by atoms with van der Waals surface area (Å²) in [6, 6.07) is 5.04. The molecule has 0 saturated heterocycles. The lowest BCUT2D eigenvalue weighted by Gasteiger charge is -1.89. The number of phenols is 1. The molecule has 0 atom stereocenters. The highest BCUT2D eigenvalue weighted by Gasteiger charge is 2.01. The van der Waals surface area contributed by atoms with Crippen LogP contribution in [0.1, 0.15) is 0 Å². The number of rotatable bonds is 1. The lowest BCUT2D eigenvalue weighted by atomic mass is 10.3. The van der Waals surface area contributed by atoms with Crippen molar-refractivity contribution in [3.8, 4) is 5.75 Å². The molecule has 0 aliphatic carbocycles. The predicted molar refractivity (Wildman–Crippen MR) is 37.3 cm³/mol. The van der Waals surface area contributed by atoms with Crippen LogP contribution in [0.15, 0.2) is 24.3 Å². The van der Waals surface area contributed by atoms with Crippen molar-refractivity contribution in [2.45, 2.75) is 0 Å². The first-order chi connectivity index (χ1) is 4.70. The van der Waals surface area contributed by atoms with Gasteiger partial charge in [0.25, 0.3) is 5.69 Å². The van der Waals surface area contributed by atoms with E-state index in [4.69, 9.17) is 5.11 Å². The van der Waals surface area contributed by atoms with Crippen LogP contribution in [0.5, 0.6) is 5.75 Å². The first kappa shape index (κ1) is 9.35. The van der Waals surface area contributed by atoms with Gasteiger partial charge in [-0.25, -0.2) is 0 Å². The fourth-order valence-electron chi connectivity index (χ4n) is 0.574. The molecule has 1 aromatic rings. The third kappa shape index (κ3) is 2.21. The molecule has 0 bridgehead atoms. The summed E-state index contributed by atoms with van der Waals surface area (Å²) in [5.41, 5.74) is -0.0159. The van der Waals surface area contributed by atoms with Gasteiger partial charge in [0.2, 0.25) is 0 Å². The van der Waals surface area contributed by atoms with Crippen LogP contribution in [0.25, 0.3) is 0 Å². The number of hydrogen-bond donors (Lipinski definition) is 1. The maximum absolute atomic E-state index is 10.0. The van der Waals surface area contributed by atoms with Crippen LogP contribution in [0.2, 0.25) is 0 Å². The first-order valence-electron chi connectivity index (χ1n) is 2.63. The molecule has 11 heavy (non-hydrogen) atoms. The highest BCUT2D eigenvalue weighted by Crippen LogP contribution is 2.14. The van der Waals surface area contributed by atoms with E-state index in [1.54, 1.807) is 0 Å². The zero-order chi connectivity index (χ0) is 7.56. The largest absolute Gasteiger partial charge is 0.508 e. The second-order valence-electron chi connectivity index (χ2n) is 1.77. The molecule has 0 aliphatic rings. The second-order valence-corrected chi connectivity index (χ2v) is 1.77. The summed E-state index contributed by atoms with van der Waals surface area (Å²) in [7, 11) is 0. The van der Waals surface area contributed by atoms with Gasteiger partial charge in [-0.3, -0.25) is 14.8 Å². The standard InChI is InChI=1S/C6H5NO3.FH/c8-6-3-1-5(2-4-6)7(9)10;/h1-4,8H;1H. The van der Waals surface area contributed by atoms with Crippen LogP contribution in [-0.4, -0.2) is 10.0 Å². The van der Waals surface area contributed by atoms with Gasteiger partial charge in [-0.1, -0.05) is 0 Å². The molecular formula is C6H6FNO3. The highest BCUT2D eigenvalue weighted by molar-refractivity contribution is 5.34. The van der Waals surface area contributed by atoms with Gasteiger partial charge in [-0.15, -0.1) is 0 Å². The van der Waals surface area contributed by atoms with E-state index >= 15 is 0 Å². The molecule has 0 aromatic heterocycles. The molecule has 1 rings (SSSR count). The van der Waals surface area contributed by atoms with E-state index in [0.29, 0.717) is 0 Å². The van der Waals surface area contributed by atoms with Crippen molar-refractivity contribution in [1.82, 2.24) is 0 Å². The monoisotopic (exact) mass is 159 g/mol. The number of aromatic hydroxyl groups is 1. The van der Waals surface area contributed by atoms with E-state index in [2.05, 4.69) is 0 Å². The second kappa shape index (κ2) is 3.50. The van der Waals surface area contributed by atoms with Gasteiger partial charge in [0.05, 0.1) is 4.92 Å². The van der Waals surface area contributed by atoms with Crippen LogP contribution < -0.4 is 0 Å². The van der Waals surface area contributed by atoms with E-state index in [1.807, 2.05) is 0 Å². The average molecular weight is 159 g/mol. The summed E-state index contributed by atoms with van der Waals surface area (Å²) >= 11 is 0. The summed E-state index contributed by atoms with van der Waals surface area (Å²) in [6.07, 6.45) is 0. The van der Waals surface area contributed by atoms with Crippen LogP contribution in [0.3, 0.4) is 0 Å². The molecular weight excluding hydrogens is 153 g/mol. The van der Waals surface area contributed by atoms with Crippen molar-refractivity contribution in [2.24, 2.45) is 0 Å². The van der Waals surface area contributed by atoms with Crippen LogP contribution >= 0.6 is 0 Å². The molecule has 1 N–H and O–H groups in total. The first-order valence-corrected chi connectivity index (χ1v) is 2.63. The molecule has 60 valence electrons. The van der Waals surface area contributed by atoms with E-state index in [-0.39, 0.29) is 16.1 Å². The summed E-state index contributed by atoms with van der Waals surface area (Å²) < 4.78 is 0. The summed E-state index contributed by atoms with van der Waals surface area (Å²) in [4.78, 5) is 9.52. The number of benzene rings is 1. The SMILES string of the molecule is F.O=[N+]([O-])c1ccc(O)cc1. The van der Waals surface area contributed by atoms with Crippen molar-refractivity contribution >= 4 is 5.69 Å². The van der Waals surface area contributed by atoms with Gasteiger partial charge >= 0.3 is 0 Å². The Morgan fingerprint density at radius 2 is 1.73 bits per heavy atom. The van der Waals surface area contributed by atoms with E-state index in [1.165, 1.54) is 24.3 Å². The maximum Gasteiger partial charge on any atom is 0.269 e. The lowest BCUT2D eigenvalue weighted by Crippen LogP contribution is -1.85. The van der Waals surface area contributed by atoms with Gasteiger partial charge in [-0.2, -0.15) is 0 Å². The maximum atomic E-state index is 10.0. The Kier molecular flexibility index (Phi) is 2.98. The number of nitrogens with zero attached hydrogens (tertiary/aromatic N) is 1. The smallest absolute Gasteiger partial charge is 0.269 e. The molecule has 0 unspecified atom stereocenters. The molecule has 1 aromatic carbocycles. The summed E-state index contributed by atoms with van der Waals surface area (Å²) in [6.45, 7) is 0. The van der Waals surface area contributed by atoms with Gasteiger partial charge in [-0.05, 0) is 12.1 Å². The van der Waals surface area contributed by atoms with Crippen LogP contribution in [0.4, 0.5) is 10.4 Å². The van der Waals surface area contributed by atoms with Crippen molar-refractivity contribution < 1.29 is 14.7 Å². The minimum absolute atomic E-state index is 0. The lowest BCUT2D eigenvalue weighted by molar-refractivity contribution is -0.384. The minimum Gasteiger partial charge on any atom is -0.508 e. The Hall–Kier alpha value is -1.65. The quantitative estimate of drug-likeness (QED) is 0.498.